The fourth-order valence-electron chi connectivity index (χ4n) is 4.95. The van der Waals surface area contributed by atoms with Gasteiger partial charge < -0.3 is 40.2 Å². The van der Waals surface area contributed by atoms with Gasteiger partial charge in [-0.05, 0) is 38.0 Å². The molecule has 5 N–H and O–H groups in total. The number of primary amides is 1. The number of nitrogens with two attached hydrogens (primary N) is 1. The van der Waals surface area contributed by atoms with E-state index in [1.54, 1.807) is 39.4 Å². The van der Waals surface area contributed by atoms with Gasteiger partial charge in [-0.2, -0.15) is 0 Å². The maximum Gasteiger partial charge on any atom is 0.405 e. The normalized spacial score (nSPS) is 25.1. The number of hydrogen-bond donors (Lipinski definition) is 4. The van der Waals surface area contributed by atoms with Gasteiger partial charge in [0.1, 0.15) is 23.4 Å². The summed E-state index contributed by atoms with van der Waals surface area (Å²) in [5, 5.41) is 24.1. The lowest BCUT2D eigenvalue weighted by molar-refractivity contribution is -0.112. The first-order valence-corrected chi connectivity index (χ1v) is 13.0. The predicted octanol–water partition coefficient (Wildman–Crippen LogP) is 5.03. The monoisotopic (exact) mass is 558 g/mol. The number of anilines is 1. The molecule has 1 aliphatic rings. The quantitative estimate of drug-likeness (QED) is 0.228. The average molecular weight is 559 g/mol. The molecule has 2 bridgehead atoms. The molecule has 40 heavy (non-hydrogen) atoms. The third-order valence-corrected chi connectivity index (χ3v) is 6.96. The molecule has 0 saturated heterocycles. The van der Waals surface area contributed by atoms with Crippen molar-refractivity contribution in [3.05, 3.63) is 58.7 Å². The Morgan fingerprint density at radius 1 is 1.05 bits per heavy atom. The summed E-state index contributed by atoms with van der Waals surface area (Å²) in [6.45, 7) is 9.14. The zero-order valence-corrected chi connectivity index (χ0v) is 24.5. The van der Waals surface area contributed by atoms with Crippen LogP contribution in [0.5, 0.6) is 11.5 Å². The minimum absolute atomic E-state index is 0.0202. The van der Waals surface area contributed by atoms with Crippen molar-refractivity contribution in [2.75, 3.05) is 26.6 Å². The molecule has 5 atom stereocenters. The lowest BCUT2D eigenvalue weighted by Crippen LogP contribution is -2.36. The molecule has 2 rings (SSSR count). The summed E-state index contributed by atoms with van der Waals surface area (Å²) in [5.74, 6) is -1.05. The third kappa shape index (κ3) is 8.12. The largest absolute Gasteiger partial charge is 0.508 e. The van der Waals surface area contributed by atoms with Gasteiger partial charge in [0.25, 0.3) is 5.91 Å². The highest BCUT2D eigenvalue weighted by Gasteiger charge is 2.30. The zero-order chi connectivity index (χ0) is 30.1. The standard InChI is InChI=1S/C30H42N2O8/c1-16-10-9-11-17(2)29(35)32-23-15-21(33)14-22(25(23)34)27(38-7)20(5)13-24(37-6)28(39-8)19(4)12-18(3)26(16)40-30(31)36/h9-12,14-16,19,24,26,28,33-34H,13H2,1-8H3,(H2,31,36)(H,32,35). The smallest absolute Gasteiger partial charge is 0.405 e. The molecule has 2 amide bonds. The van der Waals surface area contributed by atoms with Crippen LogP contribution >= 0.6 is 0 Å². The highest BCUT2D eigenvalue weighted by Crippen LogP contribution is 2.39. The molecule has 5 unspecified atom stereocenters. The lowest BCUT2D eigenvalue weighted by atomic mass is 9.89. The van der Waals surface area contributed by atoms with Crippen molar-refractivity contribution in [1.82, 2.24) is 0 Å². The first-order valence-electron chi connectivity index (χ1n) is 13.0. The summed E-state index contributed by atoms with van der Waals surface area (Å²) in [6.07, 6.45) is 5.01. The van der Waals surface area contributed by atoms with Gasteiger partial charge in [-0.3, -0.25) is 4.79 Å². The van der Waals surface area contributed by atoms with Crippen LogP contribution in [-0.2, 0) is 23.7 Å². The molecule has 220 valence electrons. The van der Waals surface area contributed by atoms with Crippen LogP contribution in [0.2, 0.25) is 0 Å². The molecular formula is C30H42N2O8. The highest BCUT2D eigenvalue weighted by molar-refractivity contribution is 6.04. The van der Waals surface area contributed by atoms with Gasteiger partial charge >= 0.3 is 6.09 Å². The van der Waals surface area contributed by atoms with Gasteiger partial charge in [-0.15, -0.1) is 0 Å². The fraction of sp³-hybridized carbons (Fsp3) is 0.467. The Morgan fingerprint density at radius 3 is 2.30 bits per heavy atom. The molecular weight excluding hydrogens is 516 g/mol. The molecule has 1 aromatic carbocycles. The van der Waals surface area contributed by atoms with Crippen molar-refractivity contribution < 1.29 is 38.7 Å². The summed E-state index contributed by atoms with van der Waals surface area (Å²) in [5.41, 5.74) is 7.44. The van der Waals surface area contributed by atoms with E-state index in [1.165, 1.54) is 19.2 Å². The zero-order valence-electron chi connectivity index (χ0n) is 24.5. The van der Waals surface area contributed by atoms with E-state index in [0.717, 1.165) is 5.57 Å². The Labute approximate surface area is 236 Å². The molecule has 1 aromatic rings. The van der Waals surface area contributed by atoms with E-state index in [-0.39, 0.29) is 34.6 Å². The molecule has 1 heterocycles. The summed E-state index contributed by atoms with van der Waals surface area (Å²) >= 11 is 0. The van der Waals surface area contributed by atoms with Crippen molar-refractivity contribution in [2.45, 2.75) is 59.4 Å². The number of carbonyl (C=O) groups excluding carboxylic acids is 2. The molecule has 0 spiro atoms. The Kier molecular flexibility index (Phi) is 11.8. The number of phenolic OH excluding ortho intramolecular Hbond substituents is 2. The number of fused-ring (bicyclic) bond motifs is 2. The van der Waals surface area contributed by atoms with Crippen molar-refractivity contribution in [3.8, 4) is 11.5 Å². The molecule has 0 aromatic heterocycles. The number of rotatable bonds is 4. The van der Waals surface area contributed by atoms with Crippen LogP contribution < -0.4 is 11.1 Å². The van der Waals surface area contributed by atoms with E-state index in [1.807, 2.05) is 33.8 Å². The molecule has 10 heteroatoms. The van der Waals surface area contributed by atoms with Gasteiger partial charge in [-0.1, -0.05) is 38.2 Å². The van der Waals surface area contributed by atoms with Crippen LogP contribution in [0.15, 0.2) is 53.2 Å². The molecule has 0 saturated carbocycles. The van der Waals surface area contributed by atoms with E-state index in [0.29, 0.717) is 23.3 Å². The van der Waals surface area contributed by atoms with Crippen molar-refractivity contribution in [3.63, 3.8) is 0 Å². The SMILES string of the molecule is COC1=C(C)CC(OC)C(OC)C(C)C=C(C)C(OC(N)=O)C(C)C=CC=C(C)C(=O)Nc2cc(O)cc1c2O. The maximum atomic E-state index is 12.9. The van der Waals surface area contributed by atoms with Gasteiger partial charge in [0, 0.05) is 44.1 Å². The number of aromatic hydroxyl groups is 2. The number of carbonyl (C=O) groups is 2. The predicted molar refractivity (Wildman–Crippen MR) is 154 cm³/mol. The van der Waals surface area contributed by atoms with Gasteiger partial charge in [0.05, 0.1) is 30.6 Å². The van der Waals surface area contributed by atoms with Gasteiger partial charge in [0.2, 0.25) is 0 Å². The van der Waals surface area contributed by atoms with E-state index >= 15 is 0 Å². The summed E-state index contributed by atoms with van der Waals surface area (Å²) in [4.78, 5) is 24.6. The summed E-state index contributed by atoms with van der Waals surface area (Å²) in [6, 6.07) is 2.62. The minimum atomic E-state index is -0.897. The van der Waals surface area contributed by atoms with Crippen molar-refractivity contribution in [2.24, 2.45) is 17.6 Å². The Bertz CT molecular complexity index is 1200. The Hall–Kier alpha value is -3.76. The second kappa shape index (κ2) is 14.6. The first-order chi connectivity index (χ1) is 18.8. The fourth-order valence-corrected chi connectivity index (χ4v) is 4.95. The van der Waals surface area contributed by atoms with E-state index in [4.69, 9.17) is 24.7 Å². The van der Waals surface area contributed by atoms with Crippen LogP contribution in [0.4, 0.5) is 10.5 Å². The highest BCUT2D eigenvalue weighted by atomic mass is 16.6. The Morgan fingerprint density at radius 2 is 1.73 bits per heavy atom. The number of ether oxygens (including phenoxy) is 4. The topological polar surface area (TPSA) is 150 Å². The van der Waals surface area contributed by atoms with Crippen molar-refractivity contribution in [1.29, 1.82) is 0 Å². The van der Waals surface area contributed by atoms with Crippen LogP contribution in [0, 0.1) is 11.8 Å². The third-order valence-electron chi connectivity index (χ3n) is 6.96. The van der Waals surface area contributed by atoms with E-state index < -0.39 is 30.3 Å². The first kappa shape index (κ1) is 32.5. The van der Waals surface area contributed by atoms with Crippen LogP contribution in [0.3, 0.4) is 0 Å². The number of amides is 2. The average Bonchev–Trinajstić information content (AvgIpc) is 2.88. The number of nitrogens with one attached hydrogen (secondary N) is 1. The van der Waals surface area contributed by atoms with Gasteiger partial charge in [0.15, 0.2) is 0 Å². The number of benzene rings is 1. The second-order valence-corrected chi connectivity index (χ2v) is 10.1. The number of methoxy groups -OCH3 is 3. The van der Waals surface area contributed by atoms with Crippen molar-refractivity contribution >= 4 is 23.4 Å². The number of allylic oxidation sites excluding steroid dienone is 2. The molecule has 0 fully saturated rings. The molecule has 0 radical (unpaired) electrons. The second-order valence-electron chi connectivity index (χ2n) is 10.1. The molecule has 1 aliphatic heterocycles. The summed E-state index contributed by atoms with van der Waals surface area (Å²) in [7, 11) is 4.63. The van der Waals surface area contributed by atoms with E-state index in [9.17, 15) is 19.8 Å². The van der Waals surface area contributed by atoms with Gasteiger partial charge in [-0.25, -0.2) is 4.79 Å². The van der Waals surface area contributed by atoms with E-state index in [2.05, 4.69) is 5.32 Å². The lowest BCUT2D eigenvalue weighted by Gasteiger charge is -2.30. The number of hydrogen-bond acceptors (Lipinski definition) is 8. The molecule has 10 nitrogen and oxygen atoms in total. The molecule has 0 aliphatic carbocycles. The number of phenols is 2. The van der Waals surface area contributed by atoms with Crippen LogP contribution in [0.1, 0.15) is 46.6 Å². The van der Waals surface area contributed by atoms with Crippen LogP contribution in [0.25, 0.3) is 5.76 Å². The minimum Gasteiger partial charge on any atom is -0.508 e. The summed E-state index contributed by atoms with van der Waals surface area (Å²) < 4.78 is 22.8. The van der Waals surface area contributed by atoms with Crippen LogP contribution in [-0.4, -0.2) is 61.9 Å². The maximum absolute atomic E-state index is 12.9. The Balaban J connectivity index is 2.75.